The Labute approximate surface area is 447 Å². The molecule has 0 fully saturated rings. The molecule has 360 valence electrons. The summed E-state index contributed by atoms with van der Waals surface area (Å²) in [5, 5.41) is 3.31. The molecule has 0 saturated heterocycles. The number of hydrogen-bond acceptors (Lipinski definition) is 4. The molecule has 0 aliphatic rings. The summed E-state index contributed by atoms with van der Waals surface area (Å²) in [6.45, 7) is 0. The van der Waals surface area contributed by atoms with E-state index >= 15 is 0 Å². The molecule has 4 aromatic heterocycles. The third kappa shape index (κ3) is 8.64. The molecule has 77 heavy (non-hydrogen) atoms. The van der Waals surface area contributed by atoms with Crippen molar-refractivity contribution in [3.63, 3.8) is 0 Å². The second kappa shape index (κ2) is 19.5. The second-order valence-electron chi connectivity index (χ2n) is 19.5. The number of para-hydroxylation sites is 2. The third-order valence-electron chi connectivity index (χ3n) is 14.9. The molecule has 0 radical (unpaired) electrons. The molecule has 0 aliphatic carbocycles. The van der Waals surface area contributed by atoms with Crippen molar-refractivity contribution in [1.82, 2.24) is 15.0 Å². The maximum atomic E-state index is 6.54. The van der Waals surface area contributed by atoms with Gasteiger partial charge in [-0.2, -0.15) is 0 Å². The van der Waals surface area contributed by atoms with E-state index in [2.05, 4.69) is 240 Å². The average Bonchev–Trinajstić information content (AvgIpc) is 3.90. The highest BCUT2D eigenvalue weighted by molar-refractivity contribution is 6.07. The van der Waals surface area contributed by atoms with E-state index in [0.717, 1.165) is 145 Å². The van der Waals surface area contributed by atoms with Gasteiger partial charge in [-0.1, -0.05) is 194 Å². The standard InChI is InChI=1S/C73H47N3O/c1-9-25-70-50(15-1)37-40-71(76-70)54-36-38-64(67(46-54)53-35-39-66-65-22-8-10-26-72(65)77-73(66)47-53)63-21-7-6-20-62(63)57-44-55(60-18-4-2-16-58(60)48-27-31-51(32-28-48)68-23-11-13-41-74-68)43-56(45-57)61-19-5-3-17-59(61)49-29-33-52(34-30-49)69-24-12-14-42-75-69/h1-47H. The Bertz CT molecular complexity index is 4340. The summed E-state index contributed by atoms with van der Waals surface area (Å²) >= 11 is 0. The summed E-state index contributed by atoms with van der Waals surface area (Å²) in [7, 11) is 0. The van der Waals surface area contributed by atoms with Gasteiger partial charge in [0.1, 0.15) is 11.2 Å². The molecule has 4 heterocycles. The molecule has 0 saturated carbocycles. The second-order valence-corrected chi connectivity index (χ2v) is 19.5. The minimum Gasteiger partial charge on any atom is -0.456 e. The Hall–Kier alpha value is -10.3. The fourth-order valence-corrected chi connectivity index (χ4v) is 11.0. The molecule has 0 atom stereocenters. The largest absolute Gasteiger partial charge is 0.456 e. The van der Waals surface area contributed by atoms with E-state index in [-0.39, 0.29) is 0 Å². The number of furan rings is 1. The first-order chi connectivity index (χ1) is 38.1. The Morgan fingerprint density at radius 3 is 1.29 bits per heavy atom. The molecular formula is C73H47N3O. The van der Waals surface area contributed by atoms with Gasteiger partial charge in [0.2, 0.25) is 0 Å². The number of rotatable bonds is 10. The highest BCUT2D eigenvalue weighted by Crippen LogP contribution is 2.46. The van der Waals surface area contributed by atoms with Gasteiger partial charge in [0.15, 0.2) is 0 Å². The van der Waals surface area contributed by atoms with Gasteiger partial charge in [0.25, 0.3) is 0 Å². The quantitative estimate of drug-likeness (QED) is 0.137. The van der Waals surface area contributed by atoms with E-state index in [0.29, 0.717) is 0 Å². The zero-order valence-electron chi connectivity index (χ0n) is 41.9. The lowest BCUT2D eigenvalue weighted by Crippen LogP contribution is -1.94. The van der Waals surface area contributed by atoms with Crippen LogP contribution in [0.3, 0.4) is 0 Å². The summed E-state index contributed by atoms with van der Waals surface area (Å²) in [5.74, 6) is 0. The van der Waals surface area contributed by atoms with Crippen molar-refractivity contribution in [3.8, 4) is 112 Å². The summed E-state index contributed by atoms with van der Waals surface area (Å²) in [4.78, 5) is 14.4. The van der Waals surface area contributed by atoms with E-state index < -0.39 is 0 Å². The van der Waals surface area contributed by atoms with Crippen molar-refractivity contribution in [3.05, 3.63) is 285 Å². The van der Waals surface area contributed by atoms with Crippen molar-refractivity contribution in [2.45, 2.75) is 0 Å². The molecule has 14 rings (SSSR count). The summed E-state index contributed by atoms with van der Waals surface area (Å²) in [5.41, 5.74) is 24.4. The van der Waals surface area contributed by atoms with Crippen LogP contribution < -0.4 is 0 Å². The Morgan fingerprint density at radius 1 is 0.234 bits per heavy atom. The fourth-order valence-electron chi connectivity index (χ4n) is 11.0. The molecule has 10 aromatic carbocycles. The molecule has 0 aliphatic heterocycles. The summed E-state index contributed by atoms with van der Waals surface area (Å²) in [6.07, 6.45) is 3.69. The third-order valence-corrected chi connectivity index (χ3v) is 14.9. The predicted molar refractivity (Wildman–Crippen MR) is 319 cm³/mol. The number of nitrogens with zero attached hydrogens (tertiary/aromatic N) is 3. The van der Waals surface area contributed by atoms with Crippen molar-refractivity contribution in [2.75, 3.05) is 0 Å². The monoisotopic (exact) mass is 981 g/mol. The van der Waals surface area contributed by atoms with E-state index in [4.69, 9.17) is 9.40 Å². The van der Waals surface area contributed by atoms with Crippen molar-refractivity contribution < 1.29 is 4.42 Å². The molecule has 14 aromatic rings. The van der Waals surface area contributed by atoms with Crippen LogP contribution in [0.4, 0.5) is 0 Å². The minimum absolute atomic E-state index is 0.851. The van der Waals surface area contributed by atoms with Crippen LogP contribution in [-0.2, 0) is 0 Å². The summed E-state index contributed by atoms with van der Waals surface area (Å²) < 4.78 is 6.54. The Morgan fingerprint density at radius 2 is 0.688 bits per heavy atom. The van der Waals surface area contributed by atoms with Gasteiger partial charge in [-0.25, -0.2) is 4.98 Å². The topological polar surface area (TPSA) is 51.8 Å². The van der Waals surface area contributed by atoms with Gasteiger partial charge in [0, 0.05) is 45.2 Å². The van der Waals surface area contributed by atoms with Gasteiger partial charge in [-0.3, -0.25) is 9.97 Å². The van der Waals surface area contributed by atoms with Crippen LogP contribution in [0.1, 0.15) is 0 Å². The maximum absolute atomic E-state index is 6.54. The van der Waals surface area contributed by atoms with Crippen molar-refractivity contribution in [1.29, 1.82) is 0 Å². The van der Waals surface area contributed by atoms with Gasteiger partial charge >= 0.3 is 0 Å². The molecule has 0 unspecified atom stereocenters. The Balaban J connectivity index is 0.958. The van der Waals surface area contributed by atoms with Crippen LogP contribution in [0.5, 0.6) is 0 Å². The zero-order chi connectivity index (χ0) is 51.1. The first-order valence-corrected chi connectivity index (χ1v) is 26.0. The molecule has 4 heteroatoms. The highest BCUT2D eigenvalue weighted by atomic mass is 16.3. The maximum Gasteiger partial charge on any atom is 0.136 e. The number of fused-ring (bicyclic) bond motifs is 4. The molecule has 0 N–H and O–H groups in total. The average molecular weight is 982 g/mol. The van der Waals surface area contributed by atoms with Crippen LogP contribution in [0, 0.1) is 0 Å². The molecule has 0 bridgehead atoms. The fraction of sp³-hybridized carbons (Fsp3) is 0. The van der Waals surface area contributed by atoms with E-state index in [9.17, 15) is 0 Å². The number of pyridine rings is 3. The van der Waals surface area contributed by atoms with Gasteiger partial charge < -0.3 is 4.42 Å². The van der Waals surface area contributed by atoms with Crippen LogP contribution in [0.25, 0.3) is 145 Å². The summed E-state index contributed by atoms with van der Waals surface area (Å²) in [6, 6.07) is 97.5. The van der Waals surface area contributed by atoms with Crippen LogP contribution in [-0.4, -0.2) is 15.0 Å². The molecule has 0 spiro atoms. The van der Waals surface area contributed by atoms with Crippen LogP contribution in [0.15, 0.2) is 290 Å². The first kappa shape index (κ1) is 45.3. The number of hydrogen-bond donors (Lipinski definition) is 0. The molecular weight excluding hydrogens is 935 g/mol. The highest BCUT2D eigenvalue weighted by Gasteiger charge is 2.20. The van der Waals surface area contributed by atoms with E-state index in [1.54, 1.807) is 0 Å². The van der Waals surface area contributed by atoms with Crippen LogP contribution >= 0.6 is 0 Å². The first-order valence-electron chi connectivity index (χ1n) is 26.0. The number of aromatic nitrogens is 3. The lowest BCUT2D eigenvalue weighted by Gasteiger charge is -2.19. The lowest BCUT2D eigenvalue weighted by atomic mass is 9.84. The lowest BCUT2D eigenvalue weighted by molar-refractivity contribution is 0.669. The molecule has 0 amide bonds. The van der Waals surface area contributed by atoms with Crippen LogP contribution in [0.2, 0.25) is 0 Å². The van der Waals surface area contributed by atoms with Gasteiger partial charge in [-0.15, -0.1) is 0 Å². The normalized spacial score (nSPS) is 11.4. The predicted octanol–water partition coefficient (Wildman–Crippen LogP) is 19.6. The molecule has 4 nitrogen and oxygen atoms in total. The van der Waals surface area contributed by atoms with Crippen molar-refractivity contribution >= 4 is 32.8 Å². The van der Waals surface area contributed by atoms with Gasteiger partial charge in [-0.05, 0) is 157 Å². The van der Waals surface area contributed by atoms with Gasteiger partial charge in [0.05, 0.1) is 22.6 Å². The van der Waals surface area contributed by atoms with Crippen molar-refractivity contribution in [2.24, 2.45) is 0 Å². The Kier molecular flexibility index (Phi) is 11.5. The zero-order valence-corrected chi connectivity index (χ0v) is 41.9. The minimum atomic E-state index is 0.851. The smallest absolute Gasteiger partial charge is 0.136 e. The SMILES string of the molecule is c1ccc(-c2ccc(-c3ccccc3-c3cc(-c4ccccc4-c4ccc(-c5ccccn5)cc4)cc(-c4ccccc4-c4ccc(-c5ccc6ccccc6n5)cc4-c4ccc5c(c4)oc4ccccc45)c3)cc2)nc1. The number of benzene rings is 10. The van der Waals surface area contributed by atoms with E-state index in [1.165, 1.54) is 0 Å². The van der Waals surface area contributed by atoms with E-state index in [1.807, 2.05) is 54.9 Å².